The first kappa shape index (κ1) is 14.4. The predicted octanol–water partition coefficient (Wildman–Crippen LogP) is 3.59. The largest absolute Gasteiger partial charge is 0.353 e. The molecular weight excluding hydrogens is 314 g/mol. The minimum absolute atomic E-state index is 0.691. The highest BCUT2D eigenvalue weighted by molar-refractivity contribution is 7.13. The molecule has 4 heteroatoms. The number of aromatic nitrogens is 1. The molecule has 0 radical (unpaired) electrons. The highest BCUT2D eigenvalue weighted by atomic mass is 32.1. The molecule has 0 unspecified atom stereocenters. The molecule has 3 aromatic rings. The molecule has 3 nitrogen and oxygen atoms in total. The third-order valence-corrected chi connectivity index (χ3v) is 6.33. The van der Waals surface area contributed by atoms with Crippen molar-refractivity contribution in [3.05, 3.63) is 59.7 Å². The predicted molar refractivity (Wildman–Crippen MR) is 101 cm³/mol. The lowest BCUT2D eigenvalue weighted by molar-refractivity contribution is 0.190. The lowest BCUT2D eigenvalue weighted by atomic mass is 10.1. The Kier molecular flexibility index (Phi) is 3.53. The van der Waals surface area contributed by atoms with Crippen molar-refractivity contribution < 1.29 is 0 Å². The van der Waals surface area contributed by atoms with Crippen molar-refractivity contribution in [2.24, 2.45) is 0 Å². The van der Waals surface area contributed by atoms with Gasteiger partial charge in [-0.05, 0) is 47.6 Å². The lowest BCUT2D eigenvalue weighted by Crippen LogP contribution is -2.50. The van der Waals surface area contributed by atoms with Crippen LogP contribution in [0.5, 0.6) is 0 Å². The summed E-state index contributed by atoms with van der Waals surface area (Å²) >= 11 is 1.62. The highest BCUT2D eigenvalue weighted by Crippen LogP contribution is 2.31. The maximum atomic E-state index is 4.72. The molecule has 0 N–H and O–H groups in total. The molecule has 0 atom stereocenters. The van der Waals surface area contributed by atoms with E-state index >= 15 is 0 Å². The maximum Gasteiger partial charge on any atom is 0.150 e. The van der Waals surface area contributed by atoms with E-state index < -0.39 is 0 Å². The van der Waals surface area contributed by atoms with Gasteiger partial charge in [0, 0.05) is 37.6 Å². The number of hydrogen-bond acceptors (Lipinski definition) is 4. The average Bonchev–Trinajstić information content (AvgIpc) is 3.26. The lowest BCUT2D eigenvalue weighted by Gasteiger charge is -2.38. The van der Waals surface area contributed by atoms with Gasteiger partial charge in [0.1, 0.15) is 5.82 Å². The van der Waals surface area contributed by atoms with Crippen molar-refractivity contribution in [1.82, 2.24) is 9.27 Å². The summed E-state index contributed by atoms with van der Waals surface area (Å²) in [5.41, 5.74) is 3.10. The van der Waals surface area contributed by atoms with Crippen molar-refractivity contribution in [2.45, 2.75) is 18.9 Å². The molecule has 5 rings (SSSR count). The minimum atomic E-state index is 0.691. The van der Waals surface area contributed by atoms with Gasteiger partial charge in [-0.25, -0.2) is 0 Å². The third-order valence-electron chi connectivity index (χ3n) is 5.52. The Morgan fingerprint density at radius 1 is 0.833 bits per heavy atom. The monoisotopic (exact) mass is 335 g/mol. The Balaban J connectivity index is 1.28. The van der Waals surface area contributed by atoms with E-state index in [2.05, 4.69) is 58.3 Å². The summed E-state index contributed by atoms with van der Waals surface area (Å²) in [6.45, 7) is 4.45. The zero-order valence-corrected chi connectivity index (χ0v) is 14.5. The second-order valence-corrected chi connectivity index (χ2v) is 7.66. The summed E-state index contributed by atoms with van der Waals surface area (Å²) in [7, 11) is 0. The smallest absolute Gasteiger partial charge is 0.150 e. The van der Waals surface area contributed by atoms with Gasteiger partial charge >= 0.3 is 0 Å². The molecule has 0 saturated carbocycles. The van der Waals surface area contributed by atoms with E-state index in [1.807, 2.05) is 0 Å². The van der Waals surface area contributed by atoms with Gasteiger partial charge in [0.05, 0.1) is 4.70 Å². The van der Waals surface area contributed by atoms with E-state index in [4.69, 9.17) is 4.37 Å². The van der Waals surface area contributed by atoms with Gasteiger partial charge in [-0.1, -0.05) is 36.4 Å². The van der Waals surface area contributed by atoms with E-state index in [9.17, 15) is 0 Å². The van der Waals surface area contributed by atoms with E-state index in [0.29, 0.717) is 6.04 Å². The fraction of sp³-hybridized carbons (Fsp3) is 0.350. The van der Waals surface area contributed by atoms with Crippen LogP contribution in [0.4, 0.5) is 5.82 Å². The second kappa shape index (κ2) is 5.87. The van der Waals surface area contributed by atoms with Crippen LogP contribution in [0.15, 0.2) is 48.5 Å². The van der Waals surface area contributed by atoms with E-state index in [1.165, 1.54) is 28.7 Å². The van der Waals surface area contributed by atoms with E-state index in [1.54, 1.807) is 22.7 Å². The number of benzene rings is 2. The van der Waals surface area contributed by atoms with Crippen LogP contribution in [-0.4, -0.2) is 41.5 Å². The molecule has 2 aromatic carbocycles. The number of piperazine rings is 1. The second-order valence-electron chi connectivity index (χ2n) is 6.86. The van der Waals surface area contributed by atoms with Crippen LogP contribution in [0.3, 0.4) is 0 Å². The Bertz CT molecular complexity index is 839. The summed E-state index contributed by atoms with van der Waals surface area (Å²) in [6, 6.07) is 18.2. The van der Waals surface area contributed by atoms with Crippen molar-refractivity contribution in [3.8, 4) is 0 Å². The first-order valence-electron chi connectivity index (χ1n) is 8.79. The fourth-order valence-corrected chi connectivity index (χ4v) is 4.99. The first-order chi connectivity index (χ1) is 11.9. The number of hydrogen-bond donors (Lipinski definition) is 0. The zero-order chi connectivity index (χ0) is 15.9. The maximum absolute atomic E-state index is 4.72. The Labute approximate surface area is 146 Å². The van der Waals surface area contributed by atoms with Crippen LogP contribution >= 0.6 is 11.5 Å². The van der Waals surface area contributed by atoms with Gasteiger partial charge in [-0.15, -0.1) is 0 Å². The summed E-state index contributed by atoms with van der Waals surface area (Å²) in [6.07, 6.45) is 2.44. The van der Waals surface area contributed by atoms with Gasteiger partial charge in [0.2, 0.25) is 0 Å². The van der Waals surface area contributed by atoms with Gasteiger partial charge in [-0.2, -0.15) is 4.37 Å². The van der Waals surface area contributed by atoms with Crippen molar-refractivity contribution in [3.63, 3.8) is 0 Å². The Morgan fingerprint density at radius 3 is 2.25 bits per heavy atom. The molecule has 0 bridgehead atoms. The molecule has 0 amide bonds. The Hall–Kier alpha value is -1.91. The summed E-state index contributed by atoms with van der Waals surface area (Å²) < 4.78 is 6.02. The van der Waals surface area contributed by atoms with Crippen LogP contribution in [0.25, 0.3) is 10.1 Å². The van der Waals surface area contributed by atoms with E-state index in [-0.39, 0.29) is 0 Å². The summed E-state index contributed by atoms with van der Waals surface area (Å²) in [4.78, 5) is 5.16. The summed E-state index contributed by atoms with van der Waals surface area (Å²) in [5.74, 6) is 1.19. The average molecular weight is 335 g/mol. The van der Waals surface area contributed by atoms with Crippen LogP contribution in [0.2, 0.25) is 0 Å². The van der Waals surface area contributed by atoms with Crippen LogP contribution in [0.1, 0.15) is 11.1 Å². The quantitative estimate of drug-likeness (QED) is 0.713. The molecule has 2 aliphatic rings. The van der Waals surface area contributed by atoms with Crippen molar-refractivity contribution in [1.29, 1.82) is 0 Å². The molecule has 1 aliphatic carbocycles. The van der Waals surface area contributed by atoms with Crippen molar-refractivity contribution >= 4 is 27.4 Å². The molecule has 1 fully saturated rings. The number of anilines is 1. The Morgan fingerprint density at radius 2 is 1.50 bits per heavy atom. The van der Waals surface area contributed by atoms with Gasteiger partial charge in [-0.3, -0.25) is 4.90 Å². The van der Waals surface area contributed by atoms with E-state index in [0.717, 1.165) is 26.2 Å². The number of nitrogens with zero attached hydrogens (tertiary/aromatic N) is 3. The molecular formula is C20H21N3S. The number of fused-ring (bicyclic) bond motifs is 2. The SMILES string of the molecule is c1ccc2c(c1)CC(N1CCN(c3nsc4ccccc34)CC1)C2. The standard InChI is InChI=1S/C20H21N3S/c1-2-6-16-14-17(13-15(16)5-1)22-9-11-23(12-10-22)20-18-7-3-4-8-19(18)24-21-20/h1-8,17H,9-14H2. The zero-order valence-electron chi connectivity index (χ0n) is 13.7. The highest BCUT2D eigenvalue weighted by Gasteiger charge is 2.29. The molecule has 1 aliphatic heterocycles. The topological polar surface area (TPSA) is 19.4 Å². The molecule has 24 heavy (non-hydrogen) atoms. The van der Waals surface area contributed by atoms with Crippen LogP contribution in [-0.2, 0) is 12.8 Å². The third kappa shape index (κ3) is 2.41. The molecule has 0 spiro atoms. The minimum Gasteiger partial charge on any atom is -0.353 e. The normalized spacial score (nSPS) is 19.1. The fourth-order valence-electron chi connectivity index (χ4n) is 4.19. The van der Waals surface area contributed by atoms with Gasteiger partial charge in [0.15, 0.2) is 0 Å². The van der Waals surface area contributed by atoms with Crippen LogP contribution in [0, 0.1) is 0 Å². The molecule has 2 heterocycles. The first-order valence-corrected chi connectivity index (χ1v) is 9.56. The van der Waals surface area contributed by atoms with Crippen LogP contribution < -0.4 is 4.90 Å². The molecule has 1 aromatic heterocycles. The molecule has 122 valence electrons. The van der Waals surface area contributed by atoms with Gasteiger partial charge in [0.25, 0.3) is 0 Å². The molecule has 1 saturated heterocycles. The summed E-state index contributed by atoms with van der Waals surface area (Å²) in [5, 5.41) is 1.31. The van der Waals surface area contributed by atoms with Gasteiger partial charge < -0.3 is 4.90 Å². The van der Waals surface area contributed by atoms with Crippen molar-refractivity contribution in [2.75, 3.05) is 31.1 Å². The number of rotatable bonds is 2.